The van der Waals surface area contributed by atoms with Crippen LogP contribution in [0.15, 0.2) is 90.0 Å². The lowest BCUT2D eigenvalue weighted by atomic mass is 9.91. The Labute approximate surface area is 176 Å². The summed E-state index contributed by atoms with van der Waals surface area (Å²) >= 11 is 0. The molecule has 1 N–H and O–H groups in total. The maximum Gasteiger partial charge on any atom is 0.0942 e. The maximum atomic E-state index is 4.78. The highest BCUT2D eigenvalue weighted by atomic mass is 15.0. The molecule has 2 heteroatoms. The van der Waals surface area contributed by atoms with Crippen molar-refractivity contribution in [3.05, 3.63) is 90.5 Å². The molecule has 0 saturated heterocycles. The second kappa shape index (κ2) is 7.00. The summed E-state index contributed by atoms with van der Waals surface area (Å²) in [5, 5.41) is 8.54. The van der Waals surface area contributed by atoms with Gasteiger partial charge in [-0.3, -0.25) is 4.99 Å². The van der Waals surface area contributed by atoms with E-state index in [1.807, 2.05) is 6.21 Å². The third-order valence-corrected chi connectivity index (χ3v) is 6.12. The number of benzene rings is 4. The Morgan fingerprint density at radius 2 is 1.50 bits per heavy atom. The fourth-order valence-corrected chi connectivity index (χ4v) is 4.64. The van der Waals surface area contributed by atoms with E-state index in [2.05, 4.69) is 90.3 Å². The number of allylic oxidation sites excluding steroid dienone is 4. The summed E-state index contributed by atoms with van der Waals surface area (Å²) in [5.41, 5.74) is 7.27. The third-order valence-electron chi connectivity index (χ3n) is 6.12. The Kier molecular flexibility index (Phi) is 4.02. The molecule has 1 aliphatic carbocycles. The summed E-state index contributed by atoms with van der Waals surface area (Å²) in [4.78, 5) is 4.78. The lowest BCUT2D eigenvalue weighted by molar-refractivity contribution is 1.04. The Balaban J connectivity index is 1.67. The van der Waals surface area contributed by atoms with Gasteiger partial charge in [0.2, 0.25) is 0 Å². The Morgan fingerprint density at radius 1 is 0.700 bits per heavy atom. The number of rotatable bonds is 2. The van der Waals surface area contributed by atoms with Crippen molar-refractivity contribution in [3.8, 4) is 11.1 Å². The van der Waals surface area contributed by atoms with E-state index in [4.69, 9.17) is 4.99 Å². The maximum absolute atomic E-state index is 4.78. The number of hydrogen-bond donors (Lipinski definition) is 1. The fraction of sp³-hybridized carbons (Fsp3) is 0.107. The minimum atomic E-state index is 0.768. The van der Waals surface area contributed by atoms with Gasteiger partial charge in [-0.25, -0.2) is 0 Å². The zero-order valence-electron chi connectivity index (χ0n) is 16.7. The summed E-state index contributed by atoms with van der Waals surface area (Å²) in [5.74, 6) is 0. The highest BCUT2D eigenvalue weighted by Crippen LogP contribution is 2.44. The predicted molar refractivity (Wildman–Crippen MR) is 130 cm³/mol. The fourth-order valence-electron chi connectivity index (χ4n) is 4.64. The van der Waals surface area contributed by atoms with Crippen molar-refractivity contribution >= 4 is 44.7 Å². The van der Waals surface area contributed by atoms with Gasteiger partial charge < -0.3 is 5.32 Å². The molecular weight excluding hydrogens is 364 g/mol. The smallest absolute Gasteiger partial charge is 0.0942 e. The van der Waals surface area contributed by atoms with Gasteiger partial charge in [-0.15, -0.1) is 0 Å². The van der Waals surface area contributed by atoms with Crippen molar-refractivity contribution in [3.63, 3.8) is 0 Å². The molecule has 144 valence electrons. The number of aliphatic imine (C=N–C) groups is 1. The zero-order valence-corrected chi connectivity index (χ0v) is 16.7. The first kappa shape index (κ1) is 17.2. The first-order chi connectivity index (χ1) is 14.9. The van der Waals surface area contributed by atoms with Crippen molar-refractivity contribution in [2.24, 2.45) is 4.99 Å². The molecule has 0 saturated carbocycles. The number of nitrogens with zero attached hydrogens (tertiary/aromatic N) is 1. The molecule has 4 aromatic carbocycles. The number of fused-ring (bicyclic) bond motifs is 6. The molecular formula is C28H22N2. The zero-order chi connectivity index (χ0) is 19.9. The molecule has 0 aromatic heterocycles. The minimum Gasteiger partial charge on any atom is -0.378 e. The van der Waals surface area contributed by atoms with Crippen LogP contribution in [0.2, 0.25) is 0 Å². The van der Waals surface area contributed by atoms with E-state index in [1.54, 1.807) is 0 Å². The molecule has 4 aromatic rings. The van der Waals surface area contributed by atoms with Crippen LogP contribution in [-0.4, -0.2) is 12.8 Å². The molecule has 0 spiro atoms. The van der Waals surface area contributed by atoms with Crippen LogP contribution in [0.4, 0.5) is 11.4 Å². The second-order valence-corrected chi connectivity index (χ2v) is 7.94. The summed E-state index contributed by atoms with van der Waals surface area (Å²) in [6, 6.07) is 24.2. The largest absolute Gasteiger partial charge is 0.378 e. The van der Waals surface area contributed by atoms with Crippen LogP contribution in [-0.2, 0) is 0 Å². The molecule has 0 bridgehead atoms. The van der Waals surface area contributed by atoms with Crippen molar-refractivity contribution in [1.82, 2.24) is 0 Å². The normalized spacial score (nSPS) is 15.1. The number of hydrogen-bond acceptors (Lipinski definition) is 2. The van der Waals surface area contributed by atoms with Crippen molar-refractivity contribution < 1.29 is 0 Å². The highest BCUT2D eigenvalue weighted by Gasteiger charge is 2.17. The summed E-state index contributed by atoms with van der Waals surface area (Å²) in [6.07, 6.45) is 11.1. The van der Waals surface area contributed by atoms with Crippen molar-refractivity contribution in [2.45, 2.75) is 12.8 Å². The van der Waals surface area contributed by atoms with E-state index in [-0.39, 0.29) is 0 Å². The lowest BCUT2D eigenvalue weighted by Gasteiger charge is -2.20. The number of anilines is 1. The standard InChI is InChI=1S/C28H22N2/c1-3-7-19(8-4-1)21-11-13-23-25(17-21)26-18-22(20-9-5-2-6-10-20)12-14-24(26)28-27(23)29-15-16-30-28/h1,3-5,7-14,16-18,29H,2,6,15H2. The Morgan fingerprint density at radius 3 is 2.37 bits per heavy atom. The third kappa shape index (κ3) is 2.76. The van der Waals surface area contributed by atoms with Crippen LogP contribution < -0.4 is 5.32 Å². The van der Waals surface area contributed by atoms with Gasteiger partial charge >= 0.3 is 0 Å². The lowest BCUT2D eigenvalue weighted by Crippen LogP contribution is -2.07. The Hall–Kier alpha value is -3.65. The summed E-state index contributed by atoms with van der Waals surface area (Å²) in [6.45, 7) is 0.768. The summed E-state index contributed by atoms with van der Waals surface area (Å²) < 4.78 is 0. The van der Waals surface area contributed by atoms with E-state index in [0.29, 0.717) is 0 Å². The van der Waals surface area contributed by atoms with E-state index in [1.165, 1.54) is 43.8 Å². The minimum absolute atomic E-state index is 0.768. The average molecular weight is 386 g/mol. The van der Waals surface area contributed by atoms with Gasteiger partial charge in [-0.1, -0.05) is 72.8 Å². The van der Waals surface area contributed by atoms with Gasteiger partial charge in [0.15, 0.2) is 0 Å². The van der Waals surface area contributed by atoms with Gasteiger partial charge in [0.25, 0.3) is 0 Å². The van der Waals surface area contributed by atoms with Crippen LogP contribution >= 0.6 is 0 Å². The molecule has 0 fully saturated rings. The predicted octanol–water partition coefficient (Wildman–Crippen LogP) is 7.52. The van der Waals surface area contributed by atoms with Crippen LogP contribution in [0.5, 0.6) is 0 Å². The molecule has 1 aliphatic heterocycles. The first-order valence-corrected chi connectivity index (χ1v) is 10.6. The molecule has 1 heterocycles. The molecule has 0 atom stereocenters. The molecule has 0 amide bonds. The molecule has 0 radical (unpaired) electrons. The monoisotopic (exact) mass is 386 g/mol. The van der Waals surface area contributed by atoms with Gasteiger partial charge in [0.1, 0.15) is 0 Å². The van der Waals surface area contributed by atoms with Crippen LogP contribution in [0.25, 0.3) is 38.2 Å². The van der Waals surface area contributed by atoms with E-state index >= 15 is 0 Å². The topological polar surface area (TPSA) is 24.4 Å². The van der Waals surface area contributed by atoms with E-state index in [0.717, 1.165) is 30.8 Å². The number of nitrogens with one attached hydrogen (secondary N) is 1. The van der Waals surface area contributed by atoms with Gasteiger partial charge in [-0.2, -0.15) is 0 Å². The molecule has 0 unspecified atom stereocenters. The second-order valence-electron chi connectivity index (χ2n) is 7.94. The van der Waals surface area contributed by atoms with E-state index < -0.39 is 0 Å². The molecule has 2 aliphatic rings. The average Bonchev–Trinajstić information content (AvgIpc) is 2.84. The highest BCUT2D eigenvalue weighted by molar-refractivity contribution is 6.21. The first-order valence-electron chi connectivity index (χ1n) is 10.6. The van der Waals surface area contributed by atoms with Crippen LogP contribution in [0.1, 0.15) is 18.4 Å². The van der Waals surface area contributed by atoms with Crippen LogP contribution in [0.3, 0.4) is 0 Å². The SMILES string of the molecule is C1=CC(c2ccc3c4c(c5ccc(-c6ccccc6)cc5c3c2)NCC=N4)=CCC1. The van der Waals surface area contributed by atoms with Crippen LogP contribution in [0, 0.1) is 0 Å². The summed E-state index contributed by atoms with van der Waals surface area (Å²) in [7, 11) is 0. The van der Waals surface area contributed by atoms with Gasteiger partial charge in [0, 0.05) is 17.0 Å². The molecule has 6 rings (SSSR count). The molecule has 2 nitrogen and oxygen atoms in total. The van der Waals surface area contributed by atoms with Crippen molar-refractivity contribution in [1.29, 1.82) is 0 Å². The van der Waals surface area contributed by atoms with Gasteiger partial charge in [-0.05, 0) is 58.0 Å². The Bertz CT molecular complexity index is 1370. The van der Waals surface area contributed by atoms with Gasteiger partial charge in [0.05, 0.1) is 17.9 Å². The molecule has 30 heavy (non-hydrogen) atoms. The van der Waals surface area contributed by atoms with E-state index in [9.17, 15) is 0 Å². The quantitative estimate of drug-likeness (QED) is 0.354. The van der Waals surface area contributed by atoms with Crippen molar-refractivity contribution in [2.75, 3.05) is 11.9 Å².